The van der Waals surface area contributed by atoms with Crippen LogP contribution in [0.3, 0.4) is 0 Å². The van der Waals surface area contributed by atoms with Crippen molar-refractivity contribution in [3.63, 3.8) is 0 Å². The van der Waals surface area contributed by atoms with Crippen molar-refractivity contribution >= 4 is 28.3 Å². The van der Waals surface area contributed by atoms with Gasteiger partial charge in [-0.15, -0.1) is 0 Å². The van der Waals surface area contributed by atoms with Crippen molar-refractivity contribution in [1.82, 2.24) is 20.2 Å². The number of aliphatic hydroxyl groups is 1. The number of fused-ring (bicyclic) bond motifs is 1. The number of hydrogen-bond donors (Lipinski definition) is 2. The number of nitrogens with one attached hydrogen (secondary N) is 1. The summed E-state index contributed by atoms with van der Waals surface area (Å²) in [5.41, 5.74) is 8.47. The summed E-state index contributed by atoms with van der Waals surface area (Å²) in [7, 11) is 0. The molecule has 0 radical (unpaired) electrons. The molecular weight excluding hydrogens is 709 g/mol. The second kappa shape index (κ2) is 16.8. The molecule has 12 nitrogen and oxygen atoms in total. The number of amides is 1. The SMILES string of the molecule is O=C(NCc1cccc(-c2cccc(C3OC(CN4CCN(c5ccc([N+](=O)[O-])cc5)CC4)CC(c4ccc(CO)cc4)O3)c2)c1)c1cnc2ccccc2n1. The van der Waals surface area contributed by atoms with Crippen LogP contribution >= 0.6 is 0 Å². The van der Waals surface area contributed by atoms with Gasteiger partial charge in [0.25, 0.3) is 11.6 Å². The first-order valence-electron chi connectivity index (χ1n) is 18.8. The van der Waals surface area contributed by atoms with Gasteiger partial charge in [0.1, 0.15) is 5.69 Å². The molecule has 2 fully saturated rings. The van der Waals surface area contributed by atoms with Gasteiger partial charge in [-0.3, -0.25) is 24.8 Å². The number of benzene rings is 5. The molecule has 2 saturated heterocycles. The number of carbonyl (C=O) groups is 1. The van der Waals surface area contributed by atoms with Crippen molar-refractivity contribution in [3.8, 4) is 11.1 Å². The Balaban J connectivity index is 0.954. The molecule has 5 aromatic carbocycles. The predicted octanol–water partition coefficient (Wildman–Crippen LogP) is 6.99. The van der Waals surface area contributed by atoms with E-state index in [1.807, 2.05) is 91.0 Å². The molecule has 0 saturated carbocycles. The van der Waals surface area contributed by atoms with E-state index in [-0.39, 0.29) is 41.0 Å². The Morgan fingerprint density at radius 2 is 1.54 bits per heavy atom. The molecule has 2 aliphatic heterocycles. The highest BCUT2D eigenvalue weighted by molar-refractivity contribution is 5.93. The molecule has 0 spiro atoms. The number of anilines is 1. The first kappa shape index (κ1) is 36.9. The summed E-state index contributed by atoms with van der Waals surface area (Å²) in [4.78, 5) is 37.2. The van der Waals surface area contributed by atoms with E-state index in [2.05, 4.69) is 43.3 Å². The lowest BCUT2D eigenvalue weighted by molar-refractivity contribution is -0.384. The Bertz CT molecular complexity index is 2310. The van der Waals surface area contributed by atoms with Crippen LogP contribution in [-0.2, 0) is 22.6 Å². The molecule has 0 aliphatic carbocycles. The summed E-state index contributed by atoms with van der Waals surface area (Å²) in [6, 6.07) is 38.4. The van der Waals surface area contributed by atoms with Crippen molar-refractivity contribution in [1.29, 1.82) is 0 Å². The number of rotatable bonds is 11. The van der Waals surface area contributed by atoms with Crippen LogP contribution in [0.2, 0.25) is 0 Å². The normalized spacial score (nSPS) is 18.8. The number of nitro groups is 1. The van der Waals surface area contributed by atoms with E-state index in [9.17, 15) is 20.0 Å². The molecular formula is C44H42N6O6. The third-order valence-electron chi connectivity index (χ3n) is 10.4. The van der Waals surface area contributed by atoms with E-state index in [0.29, 0.717) is 18.5 Å². The lowest BCUT2D eigenvalue weighted by Gasteiger charge is -2.41. The minimum atomic E-state index is -0.608. The van der Waals surface area contributed by atoms with E-state index in [0.717, 1.165) is 77.3 Å². The fourth-order valence-electron chi connectivity index (χ4n) is 7.36. The molecule has 3 unspecified atom stereocenters. The van der Waals surface area contributed by atoms with Crippen molar-refractivity contribution in [2.24, 2.45) is 0 Å². The molecule has 1 aromatic heterocycles. The Kier molecular flexibility index (Phi) is 11.0. The number of aliphatic hydroxyl groups excluding tert-OH is 1. The molecule has 56 heavy (non-hydrogen) atoms. The standard InChI is InChI=1S/C44H42N6O6/c51-29-30-11-13-32(14-12-30)42-25-38(28-48-19-21-49(22-20-48)36-15-17-37(18-16-36)50(53)54)55-44(56-42)35-8-4-7-34(24-35)33-6-3-5-31(23-33)26-46-43(52)41-27-45-39-9-1-2-10-40(39)47-41/h1-18,23-24,27,38,42,44,51H,19-22,25-26,28-29H2,(H,46,52). The molecule has 3 heterocycles. The summed E-state index contributed by atoms with van der Waals surface area (Å²) in [5.74, 6) is -0.288. The van der Waals surface area contributed by atoms with Crippen LogP contribution in [0.4, 0.5) is 11.4 Å². The highest BCUT2D eigenvalue weighted by atomic mass is 16.7. The largest absolute Gasteiger partial charge is 0.392 e. The van der Waals surface area contributed by atoms with Gasteiger partial charge in [0.15, 0.2) is 6.29 Å². The second-order valence-corrected chi connectivity index (χ2v) is 14.2. The van der Waals surface area contributed by atoms with Gasteiger partial charge in [-0.05, 0) is 64.2 Å². The van der Waals surface area contributed by atoms with E-state index in [1.54, 1.807) is 12.1 Å². The smallest absolute Gasteiger partial charge is 0.271 e. The number of nitrogens with zero attached hydrogens (tertiary/aromatic N) is 5. The minimum Gasteiger partial charge on any atom is -0.392 e. The number of carbonyl (C=O) groups excluding carboxylic acids is 1. The third-order valence-corrected chi connectivity index (χ3v) is 10.4. The molecule has 6 aromatic rings. The van der Waals surface area contributed by atoms with E-state index in [1.165, 1.54) is 6.20 Å². The number of piperazine rings is 1. The van der Waals surface area contributed by atoms with Gasteiger partial charge in [-0.25, -0.2) is 4.98 Å². The average Bonchev–Trinajstić information content (AvgIpc) is 3.25. The van der Waals surface area contributed by atoms with Crippen molar-refractivity contribution < 1.29 is 24.3 Å². The van der Waals surface area contributed by atoms with Crippen LogP contribution in [-0.4, -0.2) is 69.6 Å². The molecule has 3 atom stereocenters. The summed E-state index contributed by atoms with van der Waals surface area (Å²) >= 11 is 0. The fourth-order valence-corrected chi connectivity index (χ4v) is 7.36. The van der Waals surface area contributed by atoms with Crippen molar-refractivity contribution in [3.05, 3.63) is 166 Å². The maximum Gasteiger partial charge on any atom is 0.271 e. The van der Waals surface area contributed by atoms with Crippen LogP contribution in [0.5, 0.6) is 0 Å². The van der Waals surface area contributed by atoms with Gasteiger partial charge < -0.3 is 24.8 Å². The van der Waals surface area contributed by atoms with Crippen LogP contribution in [0.25, 0.3) is 22.2 Å². The molecule has 1 amide bonds. The van der Waals surface area contributed by atoms with Gasteiger partial charge in [-0.1, -0.05) is 72.8 Å². The lowest BCUT2D eigenvalue weighted by Crippen LogP contribution is -2.49. The first-order chi connectivity index (χ1) is 27.4. The van der Waals surface area contributed by atoms with Crippen LogP contribution in [0, 0.1) is 10.1 Å². The zero-order valence-electron chi connectivity index (χ0n) is 30.7. The van der Waals surface area contributed by atoms with Crippen molar-refractivity contribution in [2.75, 3.05) is 37.6 Å². The fraction of sp³-hybridized carbons (Fsp3) is 0.250. The third kappa shape index (κ3) is 8.59. The molecule has 8 rings (SSSR count). The van der Waals surface area contributed by atoms with E-state index >= 15 is 0 Å². The number of non-ortho nitro benzene ring substituents is 1. The monoisotopic (exact) mass is 750 g/mol. The second-order valence-electron chi connectivity index (χ2n) is 14.2. The van der Waals surface area contributed by atoms with Crippen molar-refractivity contribution in [2.45, 2.75) is 38.1 Å². The molecule has 0 bridgehead atoms. The minimum absolute atomic E-state index is 0.0223. The van der Waals surface area contributed by atoms with Crippen LogP contribution in [0.15, 0.2) is 128 Å². The Labute approximate surface area is 324 Å². The van der Waals surface area contributed by atoms with Crippen LogP contribution in [0.1, 0.15) is 51.6 Å². The van der Waals surface area contributed by atoms with E-state index < -0.39 is 6.29 Å². The predicted molar refractivity (Wildman–Crippen MR) is 213 cm³/mol. The van der Waals surface area contributed by atoms with Gasteiger partial charge in [0, 0.05) is 69.1 Å². The number of ether oxygens (including phenoxy) is 2. The number of para-hydroxylation sites is 2. The zero-order chi connectivity index (χ0) is 38.4. The lowest BCUT2D eigenvalue weighted by atomic mass is 9.98. The molecule has 284 valence electrons. The highest BCUT2D eigenvalue weighted by Crippen LogP contribution is 2.39. The van der Waals surface area contributed by atoms with E-state index in [4.69, 9.17) is 9.47 Å². The van der Waals surface area contributed by atoms with Gasteiger partial charge >= 0.3 is 0 Å². The Morgan fingerprint density at radius 3 is 2.29 bits per heavy atom. The highest BCUT2D eigenvalue weighted by Gasteiger charge is 2.34. The van der Waals surface area contributed by atoms with Crippen LogP contribution < -0.4 is 10.2 Å². The molecule has 2 N–H and O–H groups in total. The average molecular weight is 751 g/mol. The number of hydrogen-bond acceptors (Lipinski definition) is 10. The Hall–Kier alpha value is -6.05. The first-order valence-corrected chi connectivity index (χ1v) is 18.8. The summed E-state index contributed by atoms with van der Waals surface area (Å²) < 4.78 is 13.4. The maximum absolute atomic E-state index is 13.0. The van der Waals surface area contributed by atoms with Gasteiger partial charge in [0.05, 0.1) is 41.0 Å². The quantitative estimate of drug-likeness (QED) is 0.105. The Morgan fingerprint density at radius 1 is 0.804 bits per heavy atom. The topological polar surface area (TPSA) is 143 Å². The van der Waals surface area contributed by atoms with Gasteiger partial charge in [-0.2, -0.15) is 0 Å². The summed E-state index contributed by atoms with van der Waals surface area (Å²) in [5, 5.41) is 23.7. The molecule has 12 heteroatoms. The summed E-state index contributed by atoms with van der Waals surface area (Å²) in [6.07, 6.45) is 1.25. The summed E-state index contributed by atoms with van der Waals surface area (Å²) in [6.45, 7) is 4.32. The number of nitro benzene ring substituents is 1. The maximum atomic E-state index is 13.0. The molecule has 2 aliphatic rings. The zero-order valence-corrected chi connectivity index (χ0v) is 30.7. The number of aromatic nitrogens is 2. The van der Waals surface area contributed by atoms with Gasteiger partial charge in [0.2, 0.25) is 0 Å².